The fourth-order valence-electron chi connectivity index (χ4n) is 2.57. The van der Waals surface area contributed by atoms with Crippen molar-refractivity contribution < 1.29 is 28.3 Å². The molecule has 2 heterocycles. The Morgan fingerprint density at radius 2 is 2.13 bits per heavy atom. The van der Waals surface area contributed by atoms with Gasteiger partial charge < -0.3 is 10.1 Å². The molecule has 1 aromatic carbocycles. The molecular weight excluding hydrogens is 481 g/mol. The van der Waals surface area contributed by atoms with Gasteiger partial charge in [0.1, 0.15) is 10.8 Å². The molecule has 2 aromatic rings. The lowest BCUT2D eigenvalue weighted by molar-refractivity contribution is -0.136. The summed E-state index contributed by atoms with van der Waals surface area (Å²) < 4.78 is 19.3. The van der Waals surface area contributed by atoms with Crippen LogP contribution >= 0.6 is 27.7 Å². The minimum absolute atomic E-state index is 0.00617. The molecule has 1 aromatic heterocycles. The molecule has 1 atom stereocenters. The summed E-state index contributed by atoms with van der Waals surface area (Å²) >= 11 is 4.10. The number of hydrogen-bond donors (Lipinski definition) is 1. The minimum Gasteiger partial charge on any atom is -0.452 e. The first-order chi connectivity index (χ1) is 14.3. The molecule has 30 heavy (non-hydrogen) atoms. The highest BCUT2D eigenvalue weighted by atomic mass is 79.9. The second-order valence-corrected chi connectivity index (χ2v) is 8.31. The molecule has 1 aliphatic heterocycles. The lowest BCUT2D eigenvalue weighted by atomic mass is 10.3. The van der Waals surface area contributed by atoms with E-state index >= 15 is 0 Å². The van der Waals surface area contributed by atoms with Crippen molar-refractivity contribution in [3.05, 3.63) is 52.4 Å². The third-order valence-corrected chi connectivity index (χ3v) is 5.82. The van der Waals surface area contributed by atoms with E-state index in [2.05, 4.69) is 26.2 Å². The van der Waals surface area contributed by atoms with Gasteiger partial charge in [-0.2, -0.15) is 0 Å². The maximum Gasteiger partial charge on any atom is 0.341 e. The number of imide groups is 1. The van der Waals surface area contributed by atoms with Crippen LogP contribution in [0.2, 0.25) is 0 Å². The average Bonchev–Trinajstić information content (AvgIpc) is 2.95. The number of anilines is 1. The Balaban J connectivity index is 1.62. The molecule has 3 amide bonds. The van der Waals surface area contributed by atoms with Crippen LogP contribution in [0, 0.1) is 5.82 Å². The summed E-state index contributed by atoms with van der Waals surface area (Å²) in [5.41, 5.74) is 0.00493. The summed E-state index contributed by atoms with van der Waals surface area (Å²) in [4.78, 5) is 53.3. The molecular formula is C19H15BrFN3O5S. The summed E-state index contributed by atoms with van der Waals surface area (Å²) in [6.45, 7) is -0.642. The van der Waals surface area contributed by atoms with E-state index in [4.69, 9.17) is 4.74 Å². The van der Waals surface area contributed by atoms with Gasteiger partial charge in [0.25, 0.3) is 5.91 Å². The molecule has 8 nitrogen and oxygen atoms in total. The van der Waals surface area contributed by atoms with Gasteiger partial charge >= 0.3 is 5.97 Å². The second-order valence-electron chi connectivity index (χ2n) is 6.21. The summed E-state index contributed by atoms with van der Waals surface area (Å²) in [6.07, 6.45) is 1.44. The first-order valence-corrected chi connectivity index (χ1v) is 10.3. The van der Waals surface area contributed by atoms with E-state index in [1.54, 1.807) is 6.07 Å². The topological polar surface area (TPSA) is 106 Å². The highest BCUT2D eigenvalue weighted by Crippen LogP contribution is 2.31. The van der Waals surface area contributed by atoms with Gasteiger partial charge in [-0.25, -0.2) is 14.2 Å². The number of thioether (sulfide) groups is 1. The zero-order valence-corrected chi connectivity index (χ0v) is 18.0. The molecule has 156 valence electrons. The van der Waals surface area contributed by atoms with E-state index in [1.807, 2.05) is 0 Å². The van der Waals surface area contributed by atoms with Crippen LogP contribution in [0.15, 0.2) is 46.0 Å². The van der Waals surface area contributed by atoms with Gasteiger partial charge in [0.2, 0.25) is 11.8 Å². The van der Waals surface area contributed by atoms with E-state index in [-0.39, 0.29) is 34.5 Å². The van der Waals surface area contributed by atoms with E-state index in [0.717, 1.165) is 16.7 Å². The SMILES string of the molecule is CN1C(=O)CC(Sc2ncccc2C(=O)OCC(=O)Nc2ccc(Br)cc2F)C1=O. The summed E-state index contributed by atoms with van der Waals surface area (Å²) in [5.74, 6) is -2.88. The van der Waals surface area contributed by atoms with Crippen LogP contribution in [0.25, 0.3) is 0 Å². The van der Waals surface area contributed by atoms with Crippen LogP contribution in [-0.4, -0.2) is 52.5 Å². The first kappa shape index (κ1) is 21.9. The molecule has 0 radical (unpaired) electrons. The van der Waals surface area contributed by atoms with Crippen molar-refractivity contribution in [3.8, 4) is 0 Å². The number of benzene rings is 1. The number of amides is 3. The maximum atomic E-state index is 13.8. The minimum atomic E-state index is -0.831. The van der Waals surface area contributed by atoms with Crippen LogP contribution in [0.4, 0.5) is 10.1 Å². The molecule has 1 unspecified atom stereocenters. The second kappa shape index (κ2) is 9.35. The molecule has 1 fully saturated rings. The van der Waals surface area contributed by atoms with Crippen LogP contribution in [0.5, 0.6) is 0 Å². The van der Waals surface area contributed by atoms with Crippen molar-refractivity contribution in [2.75, 3.05) is 19.0 Å². The summed E-state index contributed by atoms with van der Waals surface area (Å²) in [7, 11) is 1.39. The fourth-order valence-corrected chi connectivity index (χ4v) is 4.06. The van der Waals surface area contributed by atoms with Crippen LogP contribution in [0.3, 0.4) is 0 Å². The van der Waals surface area contributed by atoms with Crippen molar-refractivity contribution in [1.82, 2.24) is 9.88 Å². The van der Waals surface area contributed by atoms with Crippen molar-refractivity contribution in [2.24, 2.45) is 0 Å². The third-order valence-electron chi connectivity index (χ3n) is 4.12. The number of hydrogen-bond acceptors (Lipinski definition) is 7. The Morgan fingerprint density at radius 1 is 1.37 bits per heavy atom. The number of nitrogens with zero attached hydrogens (tertiary/aromatic N) is 2. The number of halogens is 2. The number of carbonyl (C=O) groups excluding carboxylic acids is 4. The smallest absolute Gasteiger partial charge is 0.341 e. The fraction of sp³-hybridized carbons (Fsp3) is 0.211. The Morgan fingerprint density at radius 3 is 2.80 bits per heavy atom. The number of esters is 1. The molecule has 1 saturated heterocycles. The van der Waals surface area contributed by atoms with Gasteiger partial charge in [-0.05, 0) is 30.3 Å². The lowest BCUT2D eigenvalue weighted by Crippen LogP contribution is -2.26. The molecule has 1 aliphatic rings. The number of carbonyl (C=O) groups is 4. The summed E-state index contributed by atoms with van der Waals surface area (Å²) in [5, 5.41) is 1.84. The van der Waals surface area contributed by atoms with Gasteiger partial charge in [0.05, 0.1) is 16.5 Å². The van der Waals surface area contributed by atoms with Gasteiger partial charge in [0, 0.05) is 24.1 Å². The Kier molecular flexibility index (Phi) is 6.83. The van der Waals surface area contributed by atoms with E-state index < -0.39 is 29.6 Å². The lowest BCUT2D eigenvalue weighted by Gasteiger charge is -2.11. The first-order valence-electron chi connectivity index (χ1n) is 8.60. The predicted octanol–water partition coefficient (Wildman–Crippen LogP) is 2.63. The molecule has 3 rings (SSSR count). The zero-order chi connectivity index (χ0) is 21.8. The monoisotopic (exact) mass is 495 g/mol. The van der Waals surface area contributed by atoms with Gasteiger partial charge in [-0.15, -0.1) is 0 Å². The number of nitrogens with one attached hydrogen (secondary N) is 1. The zero-order valence-electron chi connectivity index (χ0n) is 15.6. The normalized spacial score (nSPS) is 16.0. The van der Waals surface area contributed by atoms with Crippen molar-refractivity contribution in [3.63, 3.8) is 0 Å². The maximum absolute atomic E-state index is 13.8. The molecule has 1 N–H and O–H groups in total. The van der Waals surface area contributed by atoms with Gasteiger partial charge in [-0.1, -0.05) is 27.7 Å². The largest absolute Gasteiger partial charge is 0.452 e. The highest BCUT2D eigenvalue weighted by Gasteiger charge is 2.37. The molecule has 0 spiro atoms. The Bertz CT molecular complexity index is 1030. The molecule has 0 bridgehead atoms. The number of ether oxygens (including phenoxy) is 1. The van der Waals surface area contributed by atoms with Crippen molar-refractivity contribution in [1.29, 1.82) is 0 Å². The van der Waals surface area contributed by atoms with E-state index in [0.29, 0.717) is 4.47 Å². The van der Waals surface area contributed by atoms with Crippen molar-refractivity contribution >= 4 is 57.1 Å². The van der Waals surface area contributed by atoms with Crippen LogP contribution in [0.1, 0.15) is 16.8 Å². The molecule has 0 aliphatic carbocycles. The van der Waals surface area contributed by atoms with Gasteiger partial charge in [0.15, 0.2) is 6.61 Å². The third kappa shape index (κ3) is 5.03. The average molecular weight is 496 g/mol. The molecule has 11 heteroatoms. The quantitative estimate of drug-likeness (QED) is 0.484. The predicted molar refractivity (Wildman–Crippen MR) is 109 cm³/mol. The Hall–Kier alpha value is -2.79. The van der Waals surface area contributed by atoms with Crippen molar-refractivity contribution in [2.45, 2.75) is 16.7 Å². The highest BCUT2D eigenvalue weighted by molar-refractivity contribution is 9.10. The number of aromatic nitrogens is 1. The number of pyridine rings is 1. The standard InChI is InChI=1S/C19H15BrFN3O5S/c1-24-16(26)8-14(18(24)27)30-17-11(3-2-6-22-17)19(28)29-9-15(25)23-13-5-4-10(20)7-12(13)21/h2-7,14H,8-9H2,1H3,(H,23,25). The van der Waals surface area contributed by atoms with Gasteiger partial charge in [-0.3, -0.25) is 19.3 Å². The van der Waals surface area contributed by atoms with Crippen LogP contribution < -0.4 is 5.32 Å². The van der Waals surface area contributed by atoms with Crippen LogP contribution in [-0.2, 0) is 19.1 Å². The summed E-state index contributed by atoms with van der Waals surface area (Å²) in [6, 6.07) is 7.05. The van der Waals surface area contributed by atoms with E-state index in [9.17, 15) is 23.6 Å². The number of rotatable bonds is 6. The van der Waals surface area contributed by atoms with E-state index in [1.165, 1.54) is 37.5 Å². The number of likely N-dealkylation sites (tertiary alicyclic amines) is 1. The Labute approximate surface area is 183 Å². The molecule has 0 saturated carbocycles.